The number of rotatable bonds is 8. The molecule has 4 saturated carbocycles. The molecule has 2 bridgehead atoms. The zero-order valence-electron chi connectivity index (χ0n) is 18.2. The van der Waals surface area contributed by atoms with Crippen molar-refractivity contribution in [1.82, 2.24) is 26.4 Å². The van der Waals surface area contributed by atoms with Gasteiger partial charge in [-0.2, -0.15) is 8.78 Å². The van der Waals surface area contributed by atoms with Crippen molar-refractivity contribution < 1.29 is 23.0 Å². The van der Waals surface area contributed by atoms with E-state index in [1.165, 1.54) is 0 Å². The second kappa shape index (κ2) is 8.46. The van der Waals surface area contributed by atoms with Crippen molar-refractivity contribution in [2.75, 3.05) is 19.7 Å². The van der Waals surface area contributed by atoms with Crippen LogP contribution in [0.15, 0.2) is 0 Å². The number of nitrogens with zero attached hydrogens (tertiary/aromatic N) is 1. The van der Waals surface area contributed by atoms with E-state index in [-0.39, 0.29) is 35.9 Å². The third kappa shape index (κ3) is 4.60. The Hall–Kier alpha value is -0.910. The van der Waals surface area contributed by atoms with Gasteiger partial charge in [0.25, 0.3) is 0 Å². The first-order valence-electron chi connectivity index (χ1n) is 11.7. The van der Waals surface area contributed by atoms with Crippen molar-refractivity contribution in [2.45, 2.75) is 106 Å². The predicted octanol–water partition coefficient (Wildman–Crippen LogP) is 0.831. The summed E-state index contributed by atoms with van der Waals surface area (Å²) in [5.41, 5.74) is 3.61. The Labute approximate surface area is 182 Å². The van der Waals surface area contributed by atoms with Crippen LogP contribution < -0.4 is 21.4 Å². The molecule has 6 fully saturated rings. The van der Waals surface area contributed by atoms with E-state index >= 15 is 0 Å². The van der Waals surface area contributed by atoms with Gasteiger partial charge < -0.3 is 14.8 Å². The van der Waals surface area contributed by atoms with Crippen molar-refractivity contribution in [2.24, 2.45) is 0 Å². The van der Waals surface area contributed by atoms with E-state index in [1.807, 2.05) is 0 Å². The number of halogens is 2. The lowest BCUT2D eigenvalue weighted by Gasteiger charge is -2.71. The van der Waals surface area contributed by atoms with Crippen LogP contribution in [0.3, 0.4) is 0 Å². The number of alkyl halides is 2. The first-order valence-corrected chi connectivity index (χ1v) is 11.7. The van der Waals surface area contributed by atoms with E-state index in [9.17, 15) is 13.6 Å². The molecule has 2 saturated heterocycles. The van der Waals surface area contributed by atoms with Crippen LogP contribution in [0, 0.1) is 0 Å². The third-order valence-electron chi connectivity index (χ3n) is 7.75. The molecule has 0 aromatic heterocycles. The number of hydrazine groups is 1. The molecule has 1 amide bonds. The van der Waals surface area contributed by atoms with Crippen LogP contribution in [0.2, 0.25) is 0 Å². The number of carbonyl (C=O) groups excluding carboxylic acids is 1. The van der Waals surface area contributed by atoms with E-state index in [0.29, 0.717) is 37.8 Å². The quantitative estimate of drug-likeness (QED) is 0.442. The summed E-state index contributed by atoms with van der Waals surface area (Å²) < 4.78 is 34.9. The molecule has 6 rings (SSSR count). The molecule has 0 aromatic rings. The molecule has 10 heteroatoms. The van der Waals surface area contributed by atoms with Gasteiger partial charge >= 0.3 is 6.61 Å². The maximum atomic E-state index is 12.4. The molecule has 0 aromatic carbocycles. The lowest BCUT2D eigenvalue weighted by Crippen LogP contribution is -2.86. The van der Waals surface area contributed by atoms with Crippen molar-refractivity contribution in [3.63, 3.8) is 0 Å². The SMILES string of the molecule is CC1CC2C(NC34CC(NC(=O)COC5CCC(OC(F)F)CC5)(C3)C4)NCCN2N1. The van der Waals surface area contributed by atoms with Gasteiger partial charge in [-0.3, -0.25) is 20.9 Å². The monoisotopic (exact) mass is 443 g/mol. The van der Waals surface area contributed by atoms with Crippen molar-refractivity contribution in [1.29, 1.82) is 0 Å². The first-order chi connectivity index (χ1) is 14.8. The number of hydrogen-bond acceptors (Lipinski definition) is 7. The zero-order valence-corrected chi connectivity index (χ0v) is 18.2. The topological polar surface area (TPSA) is 86.9 Å². The van der Waals surface area contributed by atoms with E-state index in [2.05, 4.69) is 38.0 Å². The Bertz CT molecular complexity index is 656. The number of amides is 1. The van der Waals surface area contributed by atoms with Gasteiger partial charge in [0.1, 0.15) is 6.61 Å². The first kappa shape index (κ1) is 21.9. The lowest BCUT2D eigenvalue weighted by molar-refractivity contribution is -0.176. The van der Waals surface area contributed by atoms with Crippen LogP contribution in [-0.2, 0) is 14.3 Å². The summed E-state index contributed by atoms with van der Waals surface area (Å²) in [6.07, 6.45) is 6.29. The Balaban J connectivity index is 1.00. The minimum atomic E-state index is -2.72. The Kier molecular flexibility index (Phi) is 5.98. The molecule has 4 N–H and O–H groups in total. The van der Waals surface area contributed by atoms with Crippen LogP contribution in [0.5, 0.6) is 0 Å². The van der Waals surface area contributed by atoms with Gasteiger partial charge in [-0.05, 0) is 58.3 Å². The van der Waals surface area contributed by atoms with Gasteiger partial charge in [0.05, 0.1) is 24.4 Å². The summed E-state index contributed by atoms with van der Waals surface area (Å²) in [4.78, 5) is 12.4. The highest BCUT2D eigenvalue weighted by Crippen LogP contribution is 2.60. The molecule has 6 aliphatic rings. The average Bonchev–Trinajstić information content (AvgIpc) is 3.05. The number of nitrogens with one attached hydrogen (secondary N) is 4. The van der Waals surface area contributed by atoms with Gasteiger partial charge in [-0.1, -0.05) is 0 Å². The molecule has 3 atom stereocenters. The van der Waals surface area contributed by atoms with E-state index in [0.717, 1.165) is 38.8 Å². The van der Waals surface area contributed by atoms with E-state index < -0.39 is 12.7 Å². The fourth-order valence-corrected chi connectivity index (χ4v) is 6.50. The van der Waals surface area contributed by atoms with Crippen LogP contribution in [0.1, 0.15) is 58.3 Å². The average molecular weight is 444 g/mol. The molecular formula is C21H35F2N5O3. The van der Waals surface area contributed by atoms with Gasteiger partial charge in [0, 0.05) is 30.2 Å². The van der Waals surface area contributed by atoms with Gasteiger partial charge in [0.15, 0.2) is 0 Å². The molecule has 176 valence electrons. The fraction of sp³-hybridized carbons (Fsp3) is 0.952. The molecule has 4 aliphatic carbocycles. The van der Waals surface area contributed by atoms with E-state index in [1.54, 1.807) is 0 Å². The molecule has 0 radical (unpaired) electrons. The summed E-state index contributed by atoms with van der Waals surface area (Å²) in [5.74, 6) is -0.0740. The fourth-order valence-electron chi connectivity index (χ4n) is 6.50. The highest BCUT2D eigenvalue weighted by Gasteiger charge is 2.69. The second-order valence-electron chi connectivity index (χ2n) is 10.3. The summed E-state index contributed by atoms with van der Waals surface area (Å²) >= 11 is 0. The number of carbonyl (C=O) groups is 1. The molecule has 8 nitrogen and oxygen atoms in total. The van der Waals surface area contributed by atoms with Crippen molar-refractivity contribution >= 4 is 5.91 Å². The number of fused-ring (bicyclic) bond motifs is 1. The Morgan fingerprint density at radius 3 is 2.58 bits per heavy atom. The van der Waals surface area contributed by atoms with Crippen LogP contribution in [0.25, 0.3) is 0 Å². The highest BCUT2D eigenvalue weighted by molar-refractivity contribution is 5.79. The number of ether oxygens (including phenoxy) is 2. The predicted molar refractivity (Wildman–Crippen MR) is 109 cm³/mol. The Morgan fingerprint density at radius 2 is 1.87 bits per heavy atom. The molecule has 2 heterocycles. The molecule has 0 spiro atoms. The lowest BCUT2D eigenvalue weighted by atomic mass is 9.44. The normalized spacial score (nSPS) is 44.5. The second-order valence-corrected chi connectivity index (χ2v) is 10.3. The van der Waals surface area contributed by atoms with Crippen LogP contribution in [-0.4, -0.2) is 78.8 Å². The maximum Gasteiger partial charge on any atom is 0.345 e. The minimum Gasteiger partial charge on any atom is -0.368 e. The van der Waals surface area contributed by atoms with Crippen molar-refractivity contribution in [3.05, 3.63) is 0 Å². The summed E-state index contributed by atoms with van der Waals surface area (Å²) in [6, 6.07) is 0.984. The summed E-state index contributed by atoms with van der Waals surface area (Å²) in [5, 5.41) is 13.0. The zero-order chi connectivity index (χ0) is 21.6. The number of hydrogen-bond donors (Lipinski definition) is 4. The van der Waals surface area contributed by atoms with Gasteiger partial charge in [-0.15, -0.1) is 0 Å². The molecule has 3 unspecified atom stereocenters. The van der Waals surface area contributed by atoms with Crippen LogP contribution >= 0.6 is 0 Å². The standard InChI is InChI=1S/C21H35F2N5O3/c1-13-8-16-18(24-6-7-28(16)27-13)26-21-10-20(11-21,12-21)25-17(29)9-30-14-2-4-15(5-3-14)31-19(22)23/h13-16,18-19,24,26-27H,2-12H2,1H3,(H,25,29). The maximum absolute atomic E-state index is 12.4. The highest BCUT2D eigenvalue weighted by atomic mass is 19.3. The molecular weight excluding hydrogens is 408 g/mol. The van der Waals surface area contributed by atoms with Gasteiger partial charge in [0.2, 0.25) is 5.91 Å². The summed E-state index contributed by atoms with van der Waals surface area (Å²) in [6.45, 7) is 1.55. The number of piperazine rings is 1. The molecule has 2 aliphatic heterocycles. The van der Waals surface area contributed by atoms with Crippen LogP contribution in [0.4, 0.5) is 8.78 Å². The van der Waals surface area contributed by atoms with E-state index in [4.69, 9.17) is 4.74 Å². The Morgan fingerprint density at radius 1 is 1.16 bits per heavy atom. The molecule has 31 heavy (non-hydrogen) atoms. The smallest absolute Gasteiger partial charge is 0.345 e. The van der Waals surface area contributed by atoms with Gasteiger partial charge in [-0.25, -0.2) is 5.01 Å². The minimum absolute atomic E-state index is 0.0397. The summed E-state index contributed by atoms with van der Waals surface area (Å²) in [7, 11) is 0. The van der Waals surface area contributed by atoms with Crippen molar-refractivity contribution in [3.8, 4) is 0 Å². The largest absolute Gasteiger partial charge is 0.368 e. The third-order valence-corrected chi connectivity index (χ3v) is 7.75.